The normalized spacial score (nSPS) is 10.8. The van der Waals surface area contributed by atoms with Crippen LogP contribution in [0.4, 0.5) is 4.39 Å². The van der Waals surface area contributed by atoms with Crippen molar-refractivity contribution in [3.05, 3.63) is 78.6 Å². The highest BCUT2D eigenvalue weighted by Gasteiger charge is 2.13. The Balaban J connectivity index is 1.71. The minimum Gasteiger partial charge on any atom is -0.334 e. The van der Waals surface area contributed by atoms with Crippen LogP contribution in [0.5, 0.6) is 0 Å². The fraction of sp³-hybridized carbons (Fsp3) is 0.0500. The molecule has 25 heavy (non-hydrogen) atoms. The number of halogens is 1. The summed E-state index contributed by atoms with van der Waals surface area (Å²) < 4.78 is 18.9. The second kappa shape index (κ2) is 6.65. The lowest BCUT2D eigenvalue weighted by molar-refractivity contribution is 0.432. The lowest BCUT2D eigenvalue weighted by Crippen LogP contribution is -1.89. The largest absolute Gasteiger partial charge is 0.334 e. The summed E-state index contributed by atoms with van der Waals surface area (Å²) >= 11 is 0. The minimum absolute atomic E-state index is 0.355. The second-order valence-electron chi connectivity index (χ2n) is 5.54. The van der Waals surface area contributed by atoms with E-state index < -0.39 is 6.67 Å². The van der Waals surface area contributed by atoms with E-state index in [-0.39, 0.29) is 0 Å². The Morgan fingerprint density at radius 1 is 0.880 bits per heavy atom. The van der Waals surface area contributed by atoms with Crippen LogP contribution in [0.15, 0.2) is 77.6 Å². The molecule has 0 saturated heterocycles. The first-order chi connectivity index (χ1) is 12.3. The topological polar surface area (TPSA) is 51.8 Å². The Morgan fingerprint density at radius 3 is 2.48 bits per heavy atom. The number of pyridine rings is 1. The smallest absolute Gasteiger partial charge is 0.258 e. The van der Waals surface area contributed by atoms with Gasteiger partial charge >= 0.3 is 0 Å². The molecular formula is C20H14FN3O. The third-order valence-corrected chi connectivity index (χ3v) is 3.93. The Morgan fingerprint density at radius 2 is 1.72 bits per heavy atom. The zero-order valence-electron chi connectivity index (χ0n) is 13.3. The van der Waals surface area contributed by atoms with Gasteiger partial charge in [0.1, 0.15) is 6.67 Å². The van der Waals surface area contributed by atoms with Gasteiger partial charge in [0, 0.05) is 23.5 Å². The maximum Gasteiger partial charge on any atom is 0.258 e. The summed E-state index contributed by atoms with van der Waals surface area (Å²) in [6.07, 6.45) is 3.35. The first-order valence-corrected chi connectivity index (χ1v) is 7.84. The SMILES string of the molecule is FCc1cc(-c2nc(-c3cccnc3)no2)ccc1-c1ccccc1. The molecule has 0 N–H and O–H groups in total. The standard InChI is InChI=1S/C20H14FN3O/c21-12-17-11-15(8-9-18(17)14-5-2-1-3-6-14)20-23-19(24-25-20)16-7-4-10-22-13-16/h1-11,13H,12H2. The van der Waals surface area contributed by atoms with Crippen molar-refractivity contribution in [1.29, 1.82) is 0 Å². The number of hydrogen-bond acceptors (Lipinski definition) is 4. The molecule has 0 amide bonds. The quantitative estimate of drug-likeness (QED) is 0.532. The molecule has 0 unspecified atom stereocenters. The molecule has 0 spiro atoms. The molecule has 0 aliphatic carbocycles. The van der Waals surface area contributed by atoms with Gasteiger partial charge in [-0.15, -0.1) is 0 Å². The van der Waals surface area contributed by atoms with Gasteiger partial charge in [-0.05, 0) is 41.0 Å². The summed E-state index contributed by atoms with van der Waals surface area (Å²) in [5, 5.41) is 3.98. The molecule has 0 aliphatic heterocycles. The first-order valence-electron chi connectivity index (χ1n) is 7.84. The van der Waals surface area contributed by atoms with E-state index >= 15 is 0 Å². The van der Waals surface area contributed by atoms with Gasteiger partial charge in [-0.1, -0.05) is 41.6 Å². The summed E-state index contributed by atoms with van der Waals surface area (Å²) in [6, 6.07) is 18.9. The van der Waals surface area contributed by atoms with Gasteiger partial charge in [-0.25, -0.2) is 4.39 Å². The molecule has 0 fully saturated rings. The van der Waals surface area contributed by atoms with E-state index in [1.807, 2.05) is 48.5 Å². The highest BCUT2D eigenvalue weighted by molar-refractivity contribution is 5.71. The first kappa shape index (κ1) is 15.2. The molecular weight excluding hydrogens is 317 g/mol. The van der Waals surface area contributed by atoms with E-state index in [2.05, 4.69) is 15.1 Å². The number of hydrogen-bond donors (Lipinski definition) is 0. The Labute approximate surface area is 144 Å². The summed E-state index contributed by atoms with van der Waals surface area (Å²) in [6.45, 7) is -0.568. The fourth-order valence-electron chi connectivity index (χ4n) is 2.69. The van der Waals surface area contributed by atoms with Crippen molar-refractivity contribution in [3.8, 4) is 34.0 Å². The van der Waals surface area contributed by atoms with Crippen LogP contribution in [0.2, 0.25) is 0 Å². The fourth-order valence-corrected chi connectivity index (χ4v) is 2.69. The average molecular weight is 331 g/mol. The molecule has 0 atom stereocenters. The number of alkyl halides is 1. The van der Waals surface area contributed by atoms with Crippen molar-refractivity contribution in [3.63, 3.8) is 0 Å². The van der Waals surface area contributed by atoms with Gasteiger partial charge in [0.05, 0.1) is 0 Å². The van der Waals surface area contributed by atoms with E-state index in [0.29, 0.717) is 22.8 Å². The van der Waals surface area contributed by atoms with Gasteiger partial charge in [-0.3, -0.25) is 4.98 Å². The molecule has 0 bridgehead atoms. The van der Waals surface area contributed by atoms with Crippen molar-refractivity contribution in [2.24, 2.45) is 0 Å². The molecule has 0 saturated carbocycles. The molecule has 4 rings (SSSR count). The predicted octanol–water partition coefficient (Wildman–Crippen LogP) is 4.94. The molecule has 2 aromatic carbocycles. The zero-order chi connectivity index (χ0) is 17.1. The van der Waals surface area contributed by atoms with Gasteiger partial charge in [-0.2, -0.15) is 4.98 Å². The summed E-state index contributed by atoms with van der Waals surface area (Å²) in [5.74, 6) is 0.810. The lowest BCUT2D eigenvalue weighted by atomic mass is 9.98. The van der Waals surface area contributed by atoms with Crippen molar-refractivity contribution in [2.45, 2.75) is 6.67 Å². The van der Waals surface area contributed by atoms with Crippen molar-refractivity contribution < 1.29 is 8.91 Å². The number of nitrogens with zero attached hydrogens (tertiary/aromatic N) is 3. The van der Waals surface area contributed by atoms with Gasteiger partial charge in [0.25, 0.3) is 5.89 Å². The molecule has 2 heterocycles. The number of rotatable bonds is 4. The van der Waals surface area contributed by atoms with Crippen LogP contribution >= 0.6 is 0 Å². The summed E-state index contributed by atoms with van der Waals surface area (Å²) in [7, 11) is 0. The highest BCUT2D eigenvalue weighted by atomic mass is 19.1. The third-order valence-electron chi connectivity index (χ3n) is 3.93. The van der Waals surface area contributed by atoms with Gasteiger partial charge < -0.3 is 4.52 Å². The van der Waals surface area contributed by atoms with Crippen molar-refractivity contribution in [1.82, 2.24) is 15.1 Å². The Kier molecular flexibility index (Phi) is 4.04. The van der Waals surface area contributed by atoms with Gasteiger partial charge in [0.2, 0.25) is 5.82 Å². The summed E-state index contributed by atoms with van der Waals surface area (Å²) in [5.41, 5.74) is 3.88. The van der Waals surface area contributed by atoms with Gasteiger partial charge in [0.15, 0.2) is 0 Å². The van der Waals surface area contributed by atoms with Crippen LogP contribution in [0.1, 0.15) is 5.56 Å². The lowest BCUT2D eigenvalue weighted by Gasteiger charge is -2.08. The minimum atomic E-state index is -0.568. The van der Waals surface area contributed by atoms with E-state index in [1.54, 1.807) is 24.5 Å². The van der Waals surface area contributed by atoms with Crippen molar-refractivity contribution in [2.75, 3.05) is 0 Å². The molecule has 0 radical (unpaired) electrons. The van der Waals surface area contributed by atoms with E-state index in [9.17, 15) is 4.39 Å². The van der Waals surface area contributed by atoms with Crippen LogP contribution < -0.4 is 0 Å². The molecule has 0 aliphatic rings. The number of benzene rings is 2. The highest BCUT2D eigenvalue weighted by Crippen LogP contribution is 2.29. The maximum absolute atomic E-state index is 13.6. The van der Waals surface area contributed by atoms with Crippen LogP contribution in [-0.2, 0) is 6.67 Å². The third kappa shape index (κ3) is 3.04. The molecule has 4 nitrogen and oxygen atoms in total. The predicted molar refractivity (Wildman–Crippen MR) is 93.2 cm³/mol. The Bertz CT molecular complexity index is 984. The monoisotopic (exact) mass is 331 g/mol. The Hall–Kier alpha value is -3.34. The summed E-state index contributed by atoms with van der Waals surface area (Å²) in [4.78, 5) is 8.43. The second-order valence-corrected chi connectivity index (χ2v) is 5.54. The van der Waals surface area contributed by atoms with Crippen LogP contribution in [0.3, 0.4) is 0 Å². The average Bonchev–Trinajstić information content (AvgIpc) is 3.19. The van der Waals surface area contributed by atoms with Crippen molar-refractivity contribution >= 4 is 0 Å². The van der Waals surface area contributed by atoms with E-state index in [0.717, 1.165) is 16.7 Å². The number of aromatic nitrogens is 3. The zero-order valence-corrected chi connectivity index (χ0v) is 13.3. The van der Waals surface area contributed by atoms with E-state index in [1.165, 1.54) is 0 Å². The van der Waals surface area contributed by atoms with E-state index in [4.69, 9.17) is 4.52 Å². The molecule has 122 valence electrons. The molecule has 2 aromatic heterocycles. The molecule has 5 heteroatoms. The van der Waals surface area contributed by atoms with Crippen LogP contribution in [0, 0.1) is 0 Å². The van der Waals surface area contributed by atoms with Crippen LogP contribution in [0.25, 0.3) is 34.0 Å². The maximum atomic E-state index is 13.6. The molecule has 4 aromatic rings. The van der Waals surface area contributed by atoms with Crippen LogP contribution in [-0.4, -0.2) is 15.1 Å².